The van der Waals surface area contributed by atoms with Crippen molar-refractivity contribution in [1.82, 2.24) is 10.2 Å². The fourth-order valence-electron chi connectivity index (χ4n) is 5.36. The molecule has 4 atom stereocenters. The molecule has 3 heterocycles. The van der Waals surface area contributed by atoms with E-state index < -0.39 is 47.0 Å². The van der Waals surface area contributed by atoms with Gasteiger partial charge >= 0.3 is 0 Å². The molecule has 0 aromatic heterocycles. The predicted octanol–water partition coefficient (Wildman–Crippen LogP) is 0.846. The molecule has 3 amide bonds. The molecular weight excluding hydrogens is 433 g/mol. The third-order valence-electron chi connectivity index (χ3n) is 6.78. The van der Waals surface area contributed by atoms with Crippen LogP contribution in [-0.2, 0) is 31.1 Å². The van der Waals surface area contributed by atoms with Gasteiger partial charge in [0.2, 0.25) is 17.7 Å². The largest absolute Gasteiger partial charge is 0.504 e. The number of phenols is 2. The number of aromatic hydroxyl groups is 2. The minimum absolute atomic E-state index is 0.0432. The molecule has 0 aliphatic carbocycles. The van der Waals surface area contributed by atoms with Gasteiger partial charge in [-0.3, -0.25) is 24.6 Å². The van der Waals surface area contributed by atoms with Crippen LogP contribution in [0.3, 0.4) is 0 Å². The fourth-order valence-corrected chi connectivity index (χ4v) is 5.36. The van der Waals surface area contributed by atoms with Crippen molar-refractivity contribution in [3.63, 3.8) is 0 Å². The summed E-state index contributed by atoms with van der Waals surface area (Å²) >= 11 is 0. The number of nitrogens with one attached hydrogen (secondary N) is 2. The molecule has 33 heavy (non-hydrogen) atoms. The molecule has 2 saturated heterocycles. The van der Waals surface area contributed by atoms with E-state index in [1.165, 1.54) is 37.4 Å². The second kappa shape index (κ2) is 7.53. The molecule has 9 nitrogen and oxygen atoms in total. The Morgan fingerprint density at radius 3 is 2.61 bits per heavy atom. The number of imide groups is 1. The zero-order chi connectivity index (χ0) is 23.5. The van der Waals surface area contributed by atoms with E-state index >= 15 is 0 Å². The van der Waals surface area contributed by atoms with Crippen molar-refractivity contribution in [2.75, 3.05) is 25.6 Å². The lowest BCUT2D eigenvalue weighted by Gasteiger charge is -2.29. The van der Waals surface area contributed by atoms with Crippen molar-refractivity contribution in [3.8, 4) is 11.5 Å². The normalized spacial score (nSPS) is 27.9. The lowest BCUT2D eigenvalue weighted by atomic mass is 9.76. The molecule has 2 fully saturated rings. The van der Waals surface area contributed by atoms with Crippen LogP contribution in [0, 0.1) is 17.7 Å². The molecule has 2 aromatic carbocycles. The van der Waals surface area contributed by atoms with Crippen LogP contribution in [0.25, 0.3) is 0 Å². The molecule has 172 valence electrons. The topological polar surface area (TPSA) is 128 Å². The average Bonchev–Trinajstić information content (AvgIpc) is 3.34. The van der Waals surface area contributed by atoms with Crippen LogP contribution in [0.5, 0.6) is 11.5 Å². The number of carbonyl (C=O) groups is 3. The van der Waals surface area contributed by atoms with Gasteiger partial charge < -0.3 is 20.3 Å². The summed E-state index contributed by atoms with van der Waals surface area (Å²) in [6, 6.07) is 7.47. The molecule has 1 spiro atoms. The lowest BCUT2D eigenvalue weighted by molar-refractivity contribution is -0.143. The van der Waals surface area contributed by atoms with E-state index in [4.69, 9.17) is 4.74 Å². The monoisotopic (exact) mass is 455 g/mol. The van der Waals surface area contributed by atoms with E-state index in [9.17, 15) is 29.0 Å². The number of anilines is 1. The third-order valence-corrected chi connectivity index (χ3v) is 6.78. The Morgan fingerprint density at radius 2 is 1.88 bits per heavy atom. The summed E-state index contributed by atoms with van der Waals surface area (Å²) in [4.78, 5) is 41.2. The Bertz CT molecular complexity index is 1190. The van der Waals surface area contributed by atoms with Crippen molar-refractivity contribution in [3.05, 3.63) is 53.3 Å². The molecule has 0 saturated carbocycles. The van der Waals surface area contributed by atoms with Gasteiger partial charge in [0.1, 0.15) is 11.4 Å². The summed E-state index contributed by atoms with van der Waals surface area (Å²) in [5.41, 5.74) is -0.355. The maximum Gasteiger partial charge on any atom is 0.250 e. The Labute approximate surface area is 188 Å². The Morgan fingerprint density at radius 1 is 1.09 bits per heavy atom. The molecular formula is C23H22FN3O6. The number of benzene rings is 2. The van der Waals surface area contributed by atoms with Crippen LogP contribution in [-0.4, -0.2) is 59.1 Å². The number of carbonyl (C=O) groups excluding carboxylic acids is 3. The number of likely N-dealkylation sites (tertiary alicyclic amines) is 1. The van der Waals surface area contributed by atoms with Crippen LogP contribution in [0.4, 0.5) is 10.1 Å². The van der Waals surface area contributed by atoms with Gasteiger partial charge in [-0.15, -0.1) is 0 Å². The smallest absolute Gasteiger partial charge is 0.250 e. The highest BCUT2D eigenvalue weighted by Gasteiger charge is 2.70. The maximum atomic E-state index is 14.2. The van der Waals surface area contributed by atoms with E-state index in [-0.39, 0.29) is 36.6 Å². The Kier molecular flexibility index (Phi) is 4.87. The maximum absolute atomic E-state index is 14.2. The molecule has 3 aliphatic heterocycles. The molecule has 10 heteroatoms. The molecule has 5 rings (SSSR count). The summed E-state index contributed by atoms with van der Waals surface area (Å²) in [6.07, 6.45) is 0.186. The van der Waals surface area contributed by atoms with E-state index in [0.717, 1.165) is 4.90 Å². The number of methoxy groups -OCH3 is 1. The quantitative estimate of drug-likeness (QED) is 0.389. The number of fused-ring (bicyclic) bond motifs is 4. The lowest BCUT2D eigenvalue weighted by Crippen LogP contribution is -2.53. The molecule has 3 aliphatic rings. The van der Waals surface area contributed by atoms with Gasteiger partial charge in [0, 0.05) is 24.4 Å². The molecule has 0 bridgehead atoms. The number of halogens is 1. The Hall–Kier alpha value is -3.50. The van der Waals surface area contributed by atoms with Crippen LogP contribution < -0.4 is 10.6 Å². The van der Waals surface area contributed by atoms with Gasteiger partial charge in [0.25, 0.3) is 0 Å². The zero-order valence-electron chi connectivity index (χ0n) is 17.7. The highest BCUT2D eigenvalue weighted by atomic mass is 19.1. The fraction of sp³-hybridized carbons (Fsp3) is 0.348. The van der Waals surface area contributed by atoms with E-state index in [0.29, 0.717) is 11.3 Å². The molecule has 4 N–H and O–H groups in total. The van der Waals surface area contributed by atoms with Gasteiger partial charge in [0.05, 0.1) is 25.0 Å². The second-order valence-electron chi connectivity index (χ2n) is 8.55. The first-order valence-electron chi connectivity index (χ1n) is 10.5. The number of hydrogen-bond acceptors (Lipinski definition) is 7. The Balaban J connectivity index is 1.61. The van der Waals surface area contributed by atoms with Crippen LogP contribution in [0.15, 0.2) is 36.4 Å². The summed E-state index contributed by atoms with van der Waals surface area (Å²) in [5.74, 6) is -4.60. The molecule has 0 radical (unpaired) electrons. The van der Waals surface area contributed by atoms with Gasteiger partial charge in [-0.05, 0) is 42.3 Å². The van der Waals surface area contributed by atoms with E-state index in [1.54, 1.807) is 6.07 Å². The number of amides is 3. The highest BCUT2D eigenvalue weighted by molar-refractivity contribution is 6.15. The van der Waals surface area contributed by atoms with Crippen molar-refractivity contribution in [1.29, 1.82) is 0 Å². The summed E-state index contributed by atoms with van der Waals surface area (Å²) in [7, 11) is 1.46. The minimum Gasteiger partial charge on any atom is -0.504 e. The number of phenolic OH excluding ortho intramolecular Hbond substituents is 2. The van der Waals surface area contributed by atoms with E-state index in [2.05, 4.69) is 10.6 Å². The number of nitrogens with zero attached hydrogens (tertiary/aromatic N) is 1. The van der Waals surface area contributed by atoms with Crippen molar-refractivity contribution >= 4 is 23.4 Å². The first kappa shape index (κ1) is 21.4. The first-order chi connectivity index (χ1) is 15.8. The van der Waals surface area contributed by atoms with Gasteiger partial charge in [-0.25, -0.2) is 4.39 Å². The number of ether oxygens (including phenoxy) is 1. The predicted molar refractivity (Wildman–Crippen MR) is 113 cm³/mol. The summed E-state index contributed by atoms with van der Waals surface area (Å²) < 4.78 is 19.3. The van der Waals surface area contributed by atoms with Gasteiger partial charge in [-0.1, -0.05) is 6.07 Å². The second-order valence-corrected chi connectivity index (χ2v) is 8.55. The molecule has 2 aromatic rings. The standard InChI is InChI=1S/C23H22FN3O6/c1-33-7-6-27-20(30)18-15(8-11-2-5-16(28)17(29)9-11)26-23(19(18)21(27)31)13-10-12(24)3-4-14(13)25-22(23)32/h2-5,9-10,15,18-19,26,28-29H,6-8H2,1H3,(H,25,32)/t15-,18+,19-,23-/m0/s1. The van der Waals surface area contributed by atoms with Crippen LogP contribution in [0.2, 0.25) is 0 Å². The van der Waals surface area contributed by atoms with Crippen molar-refractivity contribution < 1.29 is 33.7 Å². The van der Waals surface area contributed by atoms with Gasteiger partial charge in [-0.2, -0.15) is 0 Å². The number of hydrogen-bond donors (Lipinski definition) is 4. The third kappa shape index (κ3) is 3.01. The number of rotatable bonds is 5. The minimum atomic E-state index is -1.61. The molecule has 0 unspecified atom stereocenters. The summed E-state index contributed by atoms with van der Waals surface area (Å²) in [5, 5.41) is 25.4. The van der Waals surface area contributed by atoms with Crippen LogP contribution >= 0.6 is 0 Å². The van der Waals surface area contributed by atoms with Crippen molar-refractivity contribution in [2.24, 2.45) is 11.8 Å². The highest BCUT2D eigenvalue weighted by Crippen LogP contribution is 2.53. The first-order valence-corrected chi connectivity index (χ1v) is 10.5. The SMILES string of the molecule is COCCN1C(=O)[C@@H]2[C@H](Cc3ccc(O)c(O)c3)N[C@]3(C(=O)Nc4ccc(F)cc43)[C@@H]2C1=O. The van der Waals surface area contributed by atoms with Gasteiger partial charge in [0.15, 0.2) is 11.5 Å². The zero-order valence-corrected chi connectivity index (χ0v) is 17.7. The van der Waals surface area contributed by atoms with E-state index in [1.807, 2.05) is 0 Å². The van der Waals surface area contributed by atoms with Crippen molar-refractivity contribution in [2.45, 2.75) is 18.0 Å². The summed E-state index contributed by atoms with van der Waals surface area (Å²) in [6.45, 7) is 0.187. The average molecular weight is 455 g/mol. The van der Waals surface area contributed by atoms with Crippen LogP contribution in [0.1, 0.15) is 11.1 Å².